The Labute approximate surface area is 104 Å². The zero-order chi connectivity index (χ0) is 13.3. The molecule has 0 spiro atoms. The van der Waals surface area contributed by atoms with Crippen LogP contribution >= 0.6 is 0 Å². The molecule has 0 heterocycles. The zero-order valence-corrected chi connectivity index (χ0v) is 9.75. The molecular formula is C13H12N2O3. The van der Waals surface area contributed by atoms with Crippen LogP contribution in [0.2, 0.25) is 0 Å². The van der Waals surface area contributed by atoms with E-state index in [9.17, 15) is 15.2 Å². The molecule has 3 N–H and O–H groups in total. The van der Waals surface area contributed by atoms with Gasteiger partial charge in [-0.3, -0.25) is 10.1 Å². The number of nitro groups is 1. The summed E-state index contributed by atoms with van der Waals surface area (Å²) in [6.07, 6.45) is 0. The summed E-state index contributed by atoms with van der Waals surface area (Å²) in [7, 11) is 0. The molecule has 0 aliphatic carbocycles. The van der Waals surface area contributed by atoms with Gasteiger partial charge in [0.15, 0.2) is 0 Å². The van der Waals surface area contributed by atoms with E-state index in [1.165, 1.54) is 18.2 Å². The Hall–Kier alpha value is -2.56. The molecule has 0 aliphatic heterocycles. The number of nitrogens with zero attached hydrogens (tertiary/aromatic N) is 1. The molecule has 92 valence electrons. The molecule has 0 fully saturated rings. The number of hydrogen-bond acceptors (Lipinski definition) is 4. The Morgan fingerprint density at radius 3 is 2.67 bits per heavy atom. The van der Waals surface area contributed by atoms with Crippen LogP contribution in [-0.4, -0.2) is 10.0 Å². The molecule has 2 rings (SSSR count). The van der Waals surface area contributed by atoms with Gasteiger partial charge < -0.3 is 10.8 Å². The highest BCUT2D eigenvalue weighted by molar-refractivity contribution is 5.75. The van der Waals surface area contributed by atoms with Gasteiger partial charge in [-0.2, -0.15) is 0 Å². The minimum Gasteiger partial charge on any atom is -0.507 e. The SMILES string of the molecule is Cc1cc(-c2cccc([N+](=O)[O-])c2)c(O)cc1N. The van der Waals surface area contributed by atoms with Gasteiger partial charge in [-0.25, -0.2) is 0 Å². The highest BCUT2D eigenvalue weighted by Gasteiger charge is 2.11. The third kappa shape index (κ3) is 2.10. The van der Waals surface area contributed by atoms with Gasteiger partial charge in [-0.15, -0.1) is 0 Å². The number of phenols is 1. The normalized spacial score (nSPS) is 10.3. The summed E-state index contributed by atoms with van der Waals surface area (Å²) < 4.78 is 0. The van der Waals surface area contributed by atoms with Gasteiger partial charge in [-0.1, -0.05) is 12.1 Å². The van der Waals surface area contributed by atoms with Crippen molar-refractivity contribution in [3.8, 4) is 16.9 Å². The number of benzene rings is 2. The topological polar surface area (TPSA) is 89.4 Å². The maximum atomic E-state index is 10.7. The number of rotatable bonds is 2. The fourth-order valence-corrected chi connectivity index (χ4v) is 1.73. The molecule has 0 saturated heterocycles. The van der Waals surface area contributed by atoms with Crippen LogP contribution < -0.4 is 5.73 Å². The molecular weight excluding hydrogens is 232 g/mol. The monoisotopic (exact) mass is 244 g/mol. The lowest BCUT2D eigenvalue weighted by atomic mass is 10.0. The molecule has 0 bridgehead atoms. The lowest BCUT2D eigenvalue weighted by molar-refractivity contribution is -0.384. The lowest BCUT2D eigenvalue weighted by Crippen LogP contribution is -1.92. The third-order valence-electron chi connectivity index (χ3n) is 2.75. The summed E-state index contributed by atoms with van der Waals surface area (Å²) in [5.74, 6) is 0.0126. The van der Waals surface area contributed by atoms with Crippen molar-refractivity contribution in [3.05, 3.63) is 52.1 Å². The average molecular weight is 244 g/mol. The van der Waals surface area contributed by atoms with Crippen LogP contribution in [0.3, 0.4) is 0 Å². The summed E-state index contributed by atoms with van der Waals surface area (Å²) in [5.41, 5.74) is 8.09. The van der Waals surface area contributed by atoms with Crippen molar-refractivity contribution < 1.29 is 10.0 Å². The molecule has 2 aromatic rings. The van der Waals surface area contributed by atoms with E-state index in [2.05, 4.69) is 0 Å². The van der Waals surface area contributed by atoms with Crippen LogP contribution in [0.1, 0.15) is 5.56 Å². The number of non-ortho nitro benzene ring substituents is 1. The molecule has 0 atom stereocenters. The van der Waals surface area contributed by atoms with E-state index in [1.54, 1.807) is 18.2 Å². The summed E-state index contributed by atoms with van der Waals surface area (Å²) in [6.45, 7) is 1.82. The molecule has 0 aromatic heterocycles. The number of aromatic hydroxyl groups is 1. The van der Waals surface area contributed by atoms with Gasteiger partial charge in [0, 0.05) is 29.4 Å². The van der Waals surface area contributed by atoms with Crippen molar-refractivity contribution in [3.63, 3.8) is 0 Å². The predicted molar refractivity (Wildman–Crippen MR) is 69.3 cm³/mol. The van der Waals surface area contributed by atoms with E-state index in [4.69, 9.17) is 5.73 Å². The second-order valence-electron chi connectivity index (χ2n) is 4.03. The quantitative estimate of drug-likeness (QED) is 0.483. The van der Waals surface area contributed by atoms with Crippen LogP contribution in [0.5, 0.6) is 5.75 Å². The van der Waals surface area contributed by atoms with E-state index in [1.807, 2.05) is 6.92 Å². The smallest absolute Gasteiger partial charge is 0.270 e. The lowest BCUT2D eigenvalue weighted by Gasteiger charge is -2.08. The minimum atomic E-state index is -0.468. The molecule has 5 nitrogen and oxygen atoms in total. The Bertz CT molecular complexity index is 624. The number of nitrogen functional groups attached to an aromatic ring is 1. The molecule has 0 unspecified atom stereocenters. The number of phenolic OH excluding ortho intramolecular Hbond substituents is 1. The molecule has 0 aliphatic rings. The number of nitrogens with two attached hydrogens (primary N) is 1. The first-order valence-corrected chi connectivity index (χ1v) is 5.33. The molecule has 5 heteroatoms. The van der Waals surface area contributed by atoms with E-state index in [-0.39, 0.29) is 11.4 Å². The fourth-order valence-electron chi connectivity index (χ4n) is 1.73. The molecule has 0 amide bonds. The number of nitro benzene ring substituents is 1. The first-order chi connectivity index (χ1) is 8.49. The summed E-state index contributed by atoms with van der Waals surface area (Å²) in [4.78, 5) is 10.2. The maximum absolute atomic E-state index is 10.7. The maximum Gasteiger partial charge on any atom is 0.270 e. The minimum absolute atomic E-state index is 0.0126. The zero-order valence-electron chi connectivity index (χ0n) is 9.75. The number of hydrogen-bond donors (Lipinski definition) is 2. The number of aryl methyl sites for hydroxylation is 1. The Kier molecular flexibility index (Phi) is 2.89. The molecule has 18 heavy (non-hydrogen) atoms. The van der Waals surface area contributed by atoms with Crippen LogP contribution in [0.4, 0.5) is 11.4 Å². The van der Waals surface area contributed by atoms with Gasteiger partial charge in [-0.05, 0) is 24.1 Å². The largest absolute Gasteiger partial charge is 0.507 e. The van der Waals surface area contributed by atoms with Crippen molar-refractivity contribution >= 4 is 11.4 Å². The summed E-state index contributed by atoms with van der Waals surface area (Å²) in [6, 6.07) is 9.28. The fraction of sp³-hybridized carbons (Fsp3) is 0.0769. The molecule has 2 aromatic carbocycles. The van der Waals surface area contributed by atoms with Gasteiger partial charge in [0.1, 0.15) is 5.75 Å². The van der Waals surface area contributed by atoms with Crippen LogP contribution in [0.15, 0.2) is 36.4 Å². The van der Waals surface area contributed by atoms with Gasteiger partial charge >= 0.3 is 0 Å². The van der Waals surface area contributed by atoms with Gasteiger partial charge in [0.2, 0.25) is 0 Å². The van der Waals surface area contributed by atoms with Crippen molar-refractivity contribution in [2.45, 2.75) is 6.92 Å². The number of anilines is 1. The standard InChI is InChI=1S/C13H12N2O3/c1-8-5-11(13(16)7-12(8)14)9-3-2-4-10(6-9)15(17)18/h2-7,16H,14H2,1H3. The van der Waals surface area contributed by atoms with Crippen LogP contribution in [-0.2, 0) is 0 Å². The van der Waals surface area contributed by atoms with Gasteiger partial charge in [0.25, 0.3) is 5.69 Å². The van der Waals surface area contributed by atoms with E-state index < -0.39 is 4.92 Å². The molecule has 0 saturated carbocycles. The van der Waals surface area contributed by atoms with Crippen molar-refractivity contribution in [1.29, 1.82) is 0 Å². The third-order valence-corrected chi connectivity index (χ3v) is 2.75. The first kappa shape index (κ1) is 11.9. The highest BCUT2D eigenvalue weighted by Crippen LogP contribution is 2.34. The Balaban J connectivity index is 2.58. The highest BCUT2D eigenvalue weighted by atomic mass is 16.6. The molecule has 0 radical (unpaired) electrons. The van der Waals surface area contributed by atoms with Crippen LogP contribution in [0.25, 0.3) is 11.1 Å². The Morgan fingerprint density at radius 1 is 1.28 bits per heavy atom. The summed E-state index contributed by atoms with van der Waals surface area (Å²) in [5, 5.41) is 20.6. The van der Waals surface area contributed by atoms with Crippen molar-refractivity contribution in [2.24, 2.45) is 0 Å². The second-order valence-corrected chi connectivity index (χ2v) is 4.03. The summed E-state index contributed by atoms with van der Waals surface area (Å²) >= 11 is 0. The van der Waals surface area contributed by atoms with E-state index in [0.717, 1.165) is 5.56 Å². The van der Waals surface area contributed by atoms with Gasteiger partial charge in [0.05, 0.1) is 4.92 Å². The van der Waals surface area contributed by atoms with E-state index in [0.29, 0.717) is 16.8 Å². The van der Waals surface area contributed by atoms with Crippen molar-refractivity contribution in [1.82, 2.24) is 0 Å². The Morgan fingerprint density at radius 2 is 2.00 bits per heavy atom. The van der Waals surface area contributed by atoms with Crippen molar-refractivity contribution in [2.75, 3.05) is 5.73 Å². The first-order valence-electron chi connectivity index (χ1n) is 5.33. The van der Waals surface area contributed by atoms with E-state index >= 15 is 0 Å². The van der Waals surface area contributed by atoms with Crippen LogP contribution in [0, 0.1) is 17.0 Å². The average Bonchev–Trinajstić information content (AvgIpc) is 2.34. The predicted octanol–water partition coefficient (Wildman–Crippen LogP) is 2.86. The second kappa shape index (κ2) is 4.37.